The van der Waals surface area contributed by atoms with Crippen molar-refractivity contribution in [3.8, 4) is 12.3 Å². The number of likely N-dealkylation sites (tertiary alicyclic amines) is 1. The summed E-state index contributed by atoms with van der Waals surface area (Å²) in [6.45, 7) is 5.90. The summed E-state index contributed by atoms with van der Waals surface area (Å²) in [6.07, 6.45) is 12.0. The van der Waals surface area contributed by atoms with Gasteiger partial charge in [0.05, 0.1) is 0 Å². The zero-order valence-corrected chi connectivity index (χ0v) is 8.76. The molecule has 0 bridgehead atoms. The van der Waals surface area contributed by atoms with Gasteiger partial charge in [-0.25, -0.2) is 0 Å². The molecule has 0 N–H and O–H groups in total. The van der Waals surface area contributed by atoms with Crippen molar-refractivity contribution in [1.29, 1.82) is 0 Å². The monoisotopic (exact) mass is 179 g/mol. The van der Waals surface area contributed by atoms with Gasteiger partial charge in [0, 0.05) is 12.5 Å². The molecule has 1 aliphatic heterocycles. The van der Waals surface area contributed by atoms with E-state index < -0.39 is 0 Å². The summed E-state index contributed by atoms with van der Waals surface area (Å²) in [6, 6.07) is 0. The lowest BCUT2D eigenvalue weighted by Gasteiger charge is -2.19. The Bertz CT molecular complexity index is 162. The average Bonchev–Trinajstić information content (AvgIpc) is 2.64. The smallest absolute Gasteiger partial charge is 0.0327 e. The number of unbranched alkanes of at least 4 members (excludes halogenated alkanes) is 1. The molecule has 0 amide bonds. The minimum Gasteiger partial charge on any atom is -0.302 e. The van der Waals surface area contributed by atoms with Crippen LogP contribution in [0.2, 0.25) is 0 Å². The van der Waals surface area contributed by atoms with E-state index in [1.165, 1.54) is 45.2 Å². The van der Waals surface area contributed by atoms with Crippen LogP contribution in [0.25, 0.3) is 0 Å². The molecule has 1 fully saturated rings. The van der Waals surface area contributed by atoms with E-state index in [-0.39, 0.29) is 0 Å². The van der Waals surface area contributed by atoms with Crippen molar-refractivity contribution in [2.45, 2.75) is 39.0 Å². The van der Waals surface area contributed by atoms with Crippen molar-refractivity contribution in [3.05, 3.63) is 0 Å². The second kappa shape index (κ2) is 6.05. The standard InChI is InChI=1S/C12H21N/c1-3-5-8-12(4-2)11-13-9-6-7-10-13/h2,12H,3,5-11H2,1H3. The Balaban J connectivity index is 2.18. The van der Waals surface area contributed by atoms with Crippen LogP contribution >= 0.6 is 0 Å². The lowest BCUT2D eigenvalue weighted by molar-refractivity contribution is 0.297. The molecule has 0 aliphatic carbocycles. The van der Waals surface area contributed by atoms with E-state index in [1.807, 2.05) is 0 Å². The quantitative estimate of drug-likeness (QED) is 0.586. The molecule has 1 saturated heterocycles. The van der Waals surface area contributed by atoms with Gasteiger partial charge in [-0.1, -0.05) is 19.8 Å². The fraction of sp³-hybridized carbons (Fsp3) is 0.833. The van der Waals surface area contributed by atoms with E-state index in [4.69, 9.17) is 6.42 Å². The van der Waals surface area contributed by atoms with Crippen molar-refractivity contribution in [1.82, 2.24) is 4.90 Å². The van der Waals surface area contributed by atoms with E-state index in [2.05, 4.69) is 17.7 Å². The van der Waals surface area contributed by atoms with Crippen molar-refractivity contribution >= 4 is 0 Å². The van der Waals surface area contributed by atoms with E-state index in [1.54, 1.807) is 0 Å². The van der Waals surface area contributed by atoms with E-state index in [0.29, 0.717) is 5.92 Å². The maximum atomic E-state index is 5.51. The molecule has 1 nitrogen and oxygen atoms in total. The average molecular weight is 179 g/mol. The Morgan fingerprint density at radius 1 is 1.38 bits per heavy atom. The predicted molar refractivity (Wildman–Crippen MR) is 57.5 cm³/mol. The Labute approximate surface area is 82.5 Å². The minimum atomic E-state index is 0.498. The van der Waals surface area contributed by atoms with E-state index in [9.17, 15) is 0 Å². The third-order valence-corrected chi connectivity index (χ3v) is 2.82. The molecule has 0 saturated carbocycles. The predicted octanol–water partition coefficient (Wildman–Crippen LogP) is 2.52. The van der Waals surface area contributed by atoms with Gasteiger partial charge in [-0.05, 0) is 32.4 Å². The molecule has 1 rings (SSSR count). The number of hydrogen-bond acceptors (Lipinski definition) is 1. The van der Waals surface area contributed by atoms with Crippen LogP contribution in [0.5, 0.6) is 0 Å². The third-order valence-electron chi connectivity index (χ3n) is 2.82. The van der Waals surface area contributed by atoms with E-state index in [0.717, 1.165) is 6.54 Å². The normalized spacial score (nSPS) is 20.0. The summed E-state index contributed by atoms with van der Waals surface area (Å²) in [7, 11) is 0. The molecule has 74 valence electrons. The fourth-order valence-electron chi connectivity index (χ4n) is 1.95. The van der Waals surface area contributed by atoms with Gasteiger partial charge in [-0.3, -0.25) is 0 Å². The first kappa shape index (κ1) is 10.6. The maximum Gasteiger partial charge on any atom is 0.0327 e. The summed E-state index contributed by atoms with van der Waals surface area (Å²) >= 11 is 0. The molecule has 1 aliphatic rings. The maximum absolute atomic E-state index is 5.51. The molecule has 0 aromatic heterocycles. The highest BCUT2D eigenvalue weighted by Gasteiger charge is 2.15. The molecule has 1 atom stereocenters. The zero-order chi connectivity index (χ0) is 9.52. The minimum absolute atomic E-state index is 0.498. The Kier molecular flexibility index (Phi) is 4.93. The molecule has 0 radical (unpaired) electrons. The van der Waals surface area contributed by atoms with Crippen molar-refractivity contribution < 1.29 is 0 Å². The van der Waals surface area contributed by atoms with Crippen LogP contribution in [0.15, 0.2) is 0 Å². The number of hydrogen-bond donors (Lipinski definition) is 0. The highest BCUT2D eigenvalue weighted by molar-refractivity contribution is 4.94. The van der Waals surface area contributed by atoms with Crippen LogP contribution in [0.4, 0.5) is 0 Å². The summed E-state index contributed by atoms with van der Waals surface area (Å²) < 4.78 is 0. The summed E-state index contributed by atoms with van der Waals surface area (Å²) in [4.78, 5) is 2.51. The molecule has 0 aromatic carbocycles. The van der Waals surface area contributed by atoms with Crippen LogP contribution in [-0.4, -0.2) is 24.5 Å². The fourth-order valence-corrected chi connectivity index (χ4v) is 1.95. The van der Waals surface area contributed by atoms with Crippen molar-refractivity contribution in [2.24, 2.45) is 5.92 Å². The first-order chi connectivity index (χ1) is 6.36. The van der Waals surface area contributed by atoms with Gasteiger partial charge in [-0.2, -0.15) is 0 Å². The number of rotatable bonds is 5. The topological polar surface area (TPSA) is 3.24 Å². The zero-order valence-electron chi connectivity index (χ0n) is 8.76. The number of terminal acetylenes is 1. The van der Waals surface area contributed by atoms with Gasteiger partial charge < -0.3 is 4.90 Å². The highest BCUT2D eigenvalue weighted by Crippen LogP contribution is 2.14. The molecule has 1 heterocycles. The highest BCUT2D eigenvalue weighted by atomic mass is 15.1. The van der Waals surface area contributed by atoms with Crippen molar-refractivity contribution in [2.75, 3.05) is 19.6 Å². The number of nitrogens with zero attached hydrogens (tertiary/aromatic N) is 1. The second-order valence-corrected chi connectivity index (χ2v) is 4.01. The summed E-state index contributed by atoms with van der Waals surface area (Å²) in [5.41, 5.74) is 0. The molecular formula is C12H21N. The summed E-state index contributed by atoms with van der Waals surface area (Å²) in [5, 5.41) is 0. The van der Waals surface area contributed by atoms with Gasteiger partial charge in [0.25, 0.3) is 0 Å². The molecule has 0 spiro atoms. The molecule has 13 heavy (non-hydrogen) atoms. The first-order valence-corrected chi connectivity index (χ1v) is 5.55. The van der Waals surface area contributed by atoms with Gasteiger partial charge in [0.1, 0.15) is 0 Å². The van der Waals surface area contributed by atoms with Gasteiger partial charge in [0.15, 0.2) is 0 Å². The van der Waals surface area contributed by atoms with Gasteiger partial charge >= 0.3 is 0 Å². The second-order valence-electron chi connectivity index (χ2n) is 4.01. The van der Waals surface area contributed by atoms with Crippen LogP contribution in [0.3, 0.4) is 0 Å². The van der Waals surface area contributed by atoms with Gasteiger partial charge in [-0.15, -0.1) is 12.3 Å². The molecule has 1 unspecified atom stereocenters. The molecular weight excluding hydrogens is 158 g/mol. The van der Waals surface area contributed by atoms with Gasteiger partial charge in [0.2, 0.25) is 0 Å². The Morgan fingerprint density at radius 2 is 2.08 bits per heavy atom. The molecule has 1 heteroatoms. The lowest BCUT2D eigenvalue weighted by atomic mass is 10.0. The first-order valence-electron chi connectivity index (χ1n) is 5.55. The van der Waals surface area contributed by atoms with Crippen molar-refractivity contribution in [3.63, 3.8) is 0 Å². The Hall–Kier alpha value is -0.480. The largest absolute Gasteiger partial charge is 0.302 e. The van der Waals surface area contributed by atoms with Crippen LogP contribution in [0.1, 0.15) is 39.0 Å². The van der Waals surface area contributed by atoms with Crippen LogP contribution < -0.4 is 0 Å². The summed E-state index contributed by atoms with van der Waals surface area (Å²) in [5.74, 6) is 3.42. The van der Waals surface area contributed by atoms with Crippen LogP contribution in [0, 0.1) is 18.3 Å². The SMILES string of the molecule is C#CC(CCCC)CN1CCCC1. The van der Waals surface area contributed by atoms with E-state index >= 15 is 0 Å². The third kappa shape index (κ3) is 3.83. The molecule has 0 aromatic rings. The lowest BCUT2D eigenvalue weighted by Crippen LogP contribution is -2.25. The Morgan fingerprint density at radius 3 is 2.62 bits per heavy atom. The van der Waals surface area contributed by atoms with Crippen LogP contribution in [-0.2, 0) is 0 Å².